The van der Waals surface area contributed by atoms with E-state index in [4.69, 9.17) is 5.73 Å². The number of pyridine rings is 1. The monoisotopic (exact) mass is 326 g/mol. The van der Waals surface area contributed by atoms with Crippen LogP contribution in [0.5, 0.6) is 0 Å². The molecule has 1 fully saturated rings. The molecule has 0 bridgehead atoms. The number of carbonyl (C=O) groups excluding carboxylic acids is 1. The molecule has 2 heterocycles. The number of anilines is 3. The number of hydrogen-bond acceptors (Lipinski definition) is 5. The van der Waals surface area contributed by atoms with Crippen LogP contribution >= 0.6 is 0 Å². The Kier molecular flexibility index (Phi) is 4.81. The first kappa shape index (κ1) is 16.1. The first-order valence-corrected chi connectivity index (χ1v) is 7.96. The molecule has 0 spiro atoms. The molecule has 7 heteroatoms. The van der Waals surface area contributed by atoms with E-state index >= 15 is 0 Å². The highest BCUT2D eigenvalue weighted by atomic mass is 16.2. The number of para-hydroxylation sites is 2. The van der Waals surface area contributed by atoms with E-state index in [1.807, 2.05) is 36.4 Å². The molecule has 1 aromatic carbocycles. The lowest BCUT2D eigenvalue weighted by Crippen LogP contribution is -2.49. The maximum absolute atomic E-state index is 12.2. The van der Waals surface area contributed by atoms with Gasteiger partial charge in [-0.05, 0) is 24.3 Å². The molecule has 0 radical (unpaired) electrons. The largest absolute Gasteiger partial charge is 0.367 e. The van der Waals surface area contributed by atoms with Gasteiger partial charge in [-0.25, -0.2) is 9.80 Å². The summed E-state index contributed by atoms with van der Waals surface area (Å²) in [5.74, 6) is 0. The molecule has 1 aliphatic rings. The molecule has 1 aromatic heterocycles. The smallest absolute Gasteiger partial charge is 0.338 e. The second-order valence-corrected chi connectivity index (χ2v) is 5.61. The first-order valence-electron chi connectivity index (χ1n) is 7.96. The van der Waals surface area contributed by atoms with E-state index in [2.05, 4.69) is 15.2 Å². The number of aromatic nitrogens is 1. The van der Waals surface area contributed by atoms with Gasteiger partial charge < -0.3 is 16.0 Å². The molecule has 0 unspecified atom stereocenters. The average Bonchev–Trinajstić information content (AvgIpc) is 2.63. The number of piperazine rings is 1. The van der Waals surface area contributed by atoms with Crippen molar-refractivity contribution in [2.45, 2.75) is 0 Å². The number of benzene rings is 1. The lowest BCUT2D eigenvalue weighted by Gasteiger charge is -2.37. The molecule has 24 heavy (non-hydrogen) atoms. The predicted molar refractivity (Wildman–Crippen MR) is 96.2 cm³/mol. The maximum Gasteiger partial charge on any atom is 0.338 e. The number of rotatable bonds is 4. The summed E-state index contributed by atoms with van der Waals surface area (Å²) in [7, 11) is 1.80. The van der Waals surface area contributed by atoms with Gasteiger partial charge in [-0.2, -0.15) is 0 Å². The summed E-state index contributed by atoms with van der Waals surface area (Å²) in [5.41, 5.74) is 8.24. The van der Waals surface area contributed by atoms with Crippen molar-refractivity contribution in [3.05, 3.63) is 48.8 Å². The van der Waals surface area contributed by atoms with E-state index in [-0.39, 0.29) is 0 Å². The van der Waals surface area contributed by atoms with Crippen molar-refractivity contribution < 1.29 is 4.79 Å². The average molecular weight is 326 g/mol. The van der Waals surface area contributed by atoms with E-state index in [1.54, 1.807) is 24.5 Å². The van der Waals surface area contributed by atoms with Gasteiger partial charge in [-0.3, -0.25) is 9.99 Å². The van der Waals surface area contributed by atoms with Crippen molar-refractivity contribution >= 4 is 23.1 Å². The molecule has 2 amide bonds. The minimum absolute atomic E-state index is 0.538. The van der Waals surface area contributed by atoms with E-state index in [1.165, 1.54) is 5.01 Å². The fourth-order valence-electron chi connectivity index (χ4n) is 2.91. The Hall–Kier alpha value is -2.80. The Morgan fingerprint density at radius 3 is 2.62 bits per heavy atom. The SMILES string of the molecule is CN(c1cccnc1)N(C(N)=O)c1ccccc1N1CCNCC1. The Labute approximate surface area is 141 Å². The first-order chi connectivity index (χ1) is 11.7. The second-order valence-electron chi connectivity index (χ2n) is 5.61. The number of hydrazine groups is 1. The zero-order valence-corrected chi connectivity index (χ0v) is 13.7. The van der Waals surface area contributed by atoms with Gasteiger partial charge in [0.1, 0.15) is 0 Å². The van der Waals surface area contributed by atoms with Crippen LogP contribution < -0.4 is 26.0 Å². The highest BCUT2D eigenvalue weighted by Crippen LogP contribution is 2.31. The van der Waals surface area contributed by atoms with Crippen molar-refractivity contribution in [1.82, 2.24) is 10.3 Å². The fourth-order valence-corrected chi connectivity index (χ4v) is 2.91. The minimum Gasteiger partial charge on any atom is -0.367 e. The number of primary amides is 1. The molecule has 1 saturated heterocycles. The third-order valence-corrected chi connectivity index (χ3v) is 4.10. The number of carbonyl (C=O) groups is 1. The molecule has 0 saturated carbocycles. The molecular weight excluding hydrogens is 304 g/mol. The third kappa shape index (κ3) is 3.26. The predicted octanol–water partition coefficient (Wildman–Crippen LogP) is 1.43. The summed E-state index contributed by atoms with van der Waals surface area (Å²) in [6, 6.07) is 11.0. The van der Waals surface area contributed by atoms with Crippen molar-refractivity contribution in [3.63, 3.8) is 0 Å². The van der Waals surface area contributed by atoms with Crippen LogP contribution in [0.25, 0.3) is 0 Å². The van der Waals surface area contributed by atoms with Crippen LogP contribution in [0.1, 0.15) is 0 Å². The molecule has 2 aromatic rings. The summed E-state index contributed by atoms with van der Waals surface area (Å²) in [6.07, 6.45) is 3.39. The molecule has 7 nitrogen and oxygen atoms in total. The van der Waals surface area contributed by atoms with Gasteiger partial charge in [-0.1, -0.05) is 12.1 Å². The number of nitrogens with zero attached hydrogens (tertiary/aromatic N) is 4. The number of nitrogens with two attached hydrogens (primary N) is 1. The van der Waals surface area contributed by atoms with E-state index < -0.39 is 6.03 Å². The summed E-state index contributed by atoms with van der Waals surface area (Å²) < 4.78 is 0. The van der Waals surface area contributed by atoms with Crippen molar-refractivity contribution in [2.24, 2.45) is 5.73 Å². The minimum atomic E-state index is -0.538. The molecule has 3 N–H and O–H groups in total. The van der Waals surface area contributed by atoms with E-state index in [0.717, 1.165) is 43.2 Å². The fraction of sp³-hybridized carbons (Fsp3) is 0.294. The van der Waals surface area contributed by atoms with Gasteiger partial charge in [0.2, 0.25) is 0 Å². The number of nitrogens with one attached hydrogen (secondary N) is 1. The van der Waals surface area contributed by atoms with Gasteiger partial charge in [0.15, 0.2) is 0 Å². The highest BCUT2D eigenvalue weighted by molar-refractivity contribution is 5.97. The zero-order chi connectivity index (χ0) is 16.9. The van der Waals surface area contributed by atoms with Crippen LogP contribution in [0.15, 0.2) is 48.8 Å². The Bertz CT molecular complexity index is 686. The Balaban J connectivity index is 1.99. The zero-order valence-electron chi connectivity index (χ0n) is 13.7. The van der Waals surface area contributed by atoms with Crippen LogP contribution in [-0.4, -0.2) is 44.2 Å². The standard InChI is InChI=1S/C17H22N6O/c1-21(14-5-4-8-20-13-14)23(17(18)24)16-7-3-2-6-15(16)22-11-9-19-10-12-22/h2-8,13,19H,9-12H2,1H3,(H2,18,24). The normalized spacial score (nSPS) is 14.3. The van der Waals surface area contributed by atoms with Gasteiger partial charge >= 0.3 is 6.03 Å². The van der Waals surface area contributed by atoms with Crippen LogP contribution in [0.2, 0.25) is 0 Å². The Morgan fingerprint density at radius 2 is 1.96 bits per heavy atom. The van der Waals surface area contributed by atoms with E-state index in [9.17, 15) is 4.79 Å². The number of hydrogen-bond donors (Lipinski definition) is 2. The Morgan fingerprint density at radius 1 is 1.21 bits per heavy atom. The van der Waals surface area contributed by atoms with Gasteiger partial charge in [0.25, 0.3) is 0 Å². The number of amides is 2. The lowest BCUT2D eigenvalue weighted by molar-refractivity contribution is 0.253. The van der Waals surface area contributed by atoms with Crippen molar-refractivity contribution in [1.29, 1.82) is 0 Å². The van der Waals surface area contributed by atoms with Crippen LogP contribution in [0, 0.1) is 0 Å². The molecule has 0 aliphatic carbocycles. The number of urea groups is 1. The topological polar surface area (TPSA) is 77.7 Å². The summed E-state index contributed by atoms with van der Waals surface area (Å²) >= 11 is 0. The van der Waals surface area contributed by atoms with Crippen LogP contribution in [0.4, 0.5) is 21.9 Å². The summed E-state index contributed by atoms with van der Waals surface area (Å²) in [5, 5.41) is 6.54. The third-order valence-electron chi connectivity index (χ3n) is 4.10. The van der Waals surface area contributed by atoms with Gasteiger partial charge in [0, 0.05) is 39.4 Å². The molecule has 126 valence electrons. The molecule has 3 rings (SSSR count). The molecular formula is C17H22N6O. The van der Waals surface area contributed by atoms with Gasteiger partial charge in [0.05, 0.1) is 23.3 Å². The van der Waals surface area contributed by atoms with Crippen molar-refractivity contribution in [3.8, 4) is 0 Å². The van der Waals surface area contributed by atoms with Gasteiger partial charge in [-0.15, -0.1) is 0 Å². The van der Waals surface area contributed by atoms with Crippen molar-refractivity contribution in [2.75, 3.05) is 48.1 Å². The van der Waals surface area contributed by atoms with Crippen LogP contribution in [-0.2, 0) is 0 Å². The highest BCUT2D eigenvalue weighted by Gasteiger charge is 2.24. The van der Waals surface area contributed by atoms with Crippen LogP contribution in [0.3, 0.4) is 0 Å². The maximum atomic E-state index is 12.2. The quantitative estimate of drug-likeness (QED) is 0.831. The second kappa shape index (κ2) is 7.18. The summed E-state index contributed by atoms with van der Waals surface area (Å²) in [4.78, 5) is 18.6. The molecule has 1 aliphatic heterocycles. The summed E-state index contributed by atoms with van der Waals surface area (Å²) in [6.45, 7) is 3.62. The molecule has 0 atom stereocenters. The lowest BCUT2D eigenvalue weighted by atomic mass is 10.2. The van der Waals surface area contributed by atoms with E-state index in [0.29, 0.717) is 0 Å².